The molecule has 1 aromatic heterocycles. The van der Waals surface area contributed by atoms with Crippen LogP contribution in [0.5, 0.6) is 0 Å². The van der Waals surface area contributed by atoms with Gasteiger partial charge >= 0.3 is 0 Å². The lowest BCUT2D eigenvalue weighted by atomic mass is 10.1. The summed E-state index contributed by atoms with van der Waals surface area (Å²) in [6.45, 7) is 3.98. The number of benzene rings is 1. The molecular weight excluding hydrogens is 250 g/mol. The largest absolute Gasteiger partial charge is 0.365 e. The quantitative estimate of drug-likeness (QED) is 0.926. The van der Waals surface area contributed by atoms with Crippen molar-refractivity contribution in [1.29, 1.82) is 0 Å². The van der Waals surface area contributed by atoms with Crippen LogP contribution in [0, 0.1) is 0 Å². The highest BCUT2D eigenvalue weighted by Crippen LogP contribution is 2.24. The molecular formula is C13H14ClN3O. The van der Waals surface area contributed by atoms with Gasteiger partial charge in [-0.1, -0.05) is 31.5 Å². The molecule has 2 aromatic rings. The lowest BCUT2D eigenvalue weighted by Gasteiger charge is -2.11. The van der Waals surface area contributed by atoms with Crippen molar-refractivity contribution < 1.29 is 4.79 Å². The zero-order valence-corrected chi connectivity index (χ0v) is 11.0. The van der Waals surface area contributed by atoms with Crippen LogP contribution in [-0.2, 0) is 0 Å². The Bertz CT molecular complexity index is 590. The van der Waals surface area contributed by atoms with Crippen LogP contribution in [0.4, 0.5) is 0 Å². The molecule has 0 fully saturated rings. The van der Waals surface area contributed by atoms with E-state index < -0.39 is 5.91 Å². The summed E-state index contributed by atoms with van der Waals surface area (Å²) in [6.07, 6.45) is 1.50. The van der Waals surface area contributed by atoms with E-state index in [0.29, 0.717) is 10.6 Å². The Morgan fingerprint density at radius 2 is 2.17 bits per heavy atom. The van der Waals surface area contributed by atoms with Crippen LogP contribution in [0.3, 0.4) is 0 Å². The fourth-order valence-electron chi connectivity index (χ4n) is 1.92. The summed E-state index contributed by atoms with van der Waals surface area (Å²) in [7, 11) is 0. The number of carbonyl (C=O) groups excluding carboxylic acids is 1. The molecule has 0 aliphatic carbocycles. The van der Waals surface area contributed by atoms with Crippen LogP contribution in [0.15, 0.2) is 30.5 Å². The monoisotopic (exact) mass is 263 g/mol. The number of nitrogens with two attached hydrogens (primary N) is 1. The topological polar surface area (TPSA) is 60.9 Å². The minimum Gasteiger partial charge on any atom is -0.365 e. The van der Waals surface area contributed by atoms with E-state index in [1.165, 1.54) is 6.20 Å². The Morgan fingerprint density at radius 1 is 1.44 bits per heavy atom. The standard InChI is InChI=1S/C13H14ClN3O/c1-8(2)12-11(13(15)18)7-16-17(12)10-5-3-4-9(14)6-10/h3-8H,1-2H3,(H2,15,18). The number of primary amides is 1. The molecule has 18 heavy (non-hydrogen) atoms. The lowest BCUT2D eigenvalue weighted by Crippen LogP contribution is -2.15. The molecule has 0 saturated carbocycles. The number of nitrogens with zero attached hydrogens (tertiary/aromatic N) is 2. The summed E-state index contributed by atoms with van der Waals surface area (Å²) in [5.41, 5.74) is 7.42. The maximum absolute atomic E-state index is 11.4. The average Bonchev–Trinajstić information content (AvgIpc) is 2.73. The normalized spacial score (nSPS) is 10.9. The van der Waals surface area contributed by atoms with Crippen LogP contribution in [0.1, 0.15) is 35.8 Å². The highest BCUT2D eigenvalue weighted by atomic mass is 35.5. The molecule has 1 heterocycles. The highest BCUT2D eigenvalue weighted by Gasteiger charge is 2.18. The van der Waals surface area contributed by atoms with Gasteiger partial charge < -0.3 is 5.73 Å². The molecule has 0 unspecified atom stereocenters. The van der Waals surface area contributed by atoms with E-state index in [1.807, 2.05) is 26.0 Å². The Morgan fingerprint density at radius 3 is 2.72 bits per heavy atom. The zero-order chi connectivity index (χ0) is 13.3. The summed E-state index contributed by atoms with van der Waals surface area (Å²) < 4.78 is 1.70. The Hall–Kier alpha value is -1.81. The second kappa shape index (κ2) is 4.82. The van der Waals surface area contributed by atoms with Crippen molar-refractivity contribution in [3.8, 4) is 5.69 Å². The minimum absolute atomic E-state index is 0.133. The predicted octanol–water partition coefficient (Wildman–Crippen LogP) is 2.75. The lowest BCUT2D eigenvalue weighted by molar-refractivity contribution is 0.0999. The first kappa shape index (κ1) is 12.6. The third kappa shape index (κ3) is 2.24. The maximum atomic E-state index is 11.4. The van der Waals surface area contributed by atoms with Crippen molar-refractivity contribution in [3.63, 3.8) is 0 Å². The molecule has 0 spiro atoms. The van der Waals surface area contributed by atoms with Gasteiger partial charge in [0.1, 0.15) is 0 Å². The van der Waals surface area contributed by atoms with Crippen molar-refractivity contribution in [3.05, 3.63) is 46.7 Å². The van der Waals surface area contributed by atoms with Crippen molar-refractivity contribution in [2.45, 2.75) is 19.8 Å². The van der Waals surface area contributed by atoms with E-state index >= 15 is 0 Å². The number of hydrogen-bond donors (Lipinski definition) is 1. The number of carbonyl (C=O) groups is 1. The van der Waals surface area contributed by atoms with Gasteiger partial charge in [0.2, 0.25) is 0 Å². The zero-order valence-electron chi connectivity index (χ0n) is 10.2. The van der Waals surface area contributed by atoms with E-state index in [9.17, 15) is 4.79 Å². The number of halogens is 1. The molecule has 5 heteroatoms. The van der Waals surface area contributed by atoms with Gasteiger partial charge in [0.25, 0.3) is 5.91 Å². The number of aromatic nitrogens is 2. The molecule has 0 aliphatic rings. The average molecular weight is 264 g/mol. The Kier molecular flexibility index (Phi) is 3.39. The van der Waals surface area contributed by atoms with Gasteiger partial charge in [0, 0.05) is 5.02 Å². The fraction of sp³-hybridized carbons (Fsp3) is 0.231. The number of hydrogen-bond acceptors (Lipinski definition) is 2. The second-order valence-corrected chi connectivity index (χ2v) is 4.79. The molecule has 2 N–H and O–H groups in total. The number of rotatable bonds is 3. The van der Waals surface area contributed by atoms with E-state index in [4.69, 9.17) is 17.3 Å². The van der Waals surface area contributed by atoms with Gasteiger partial charge in [0.15, 0.2) is 0 Å². The van der Waals surface area contributed by atoms with Crippen molar-refractivity contribution in [2.75, 3.05) is 0 Å². The van der Waals surface area contributed by atoms with Gasteiger partial charge in [-0.05, 0) is 24.1 Å². The van der Waals surface area contributed by atoms with E-state index in [0.717, 1.165) is 11.4 Å². The molecule has 4 nitrogen and oxygen atoms in total. The SMILES string of the molecule is CC(C)c1c(C(N)=O)cnn1-c1cccc(Cl)c1. The summed E-state index contributed by atoms with van der Waals surface area (Å²) >= 11 is 5.96. The van der Waals surface area contributed by atoms with Gasteiger partial charge in [-0.2, -0.15) is 5.10 Å². The predicted molar refractivity (Wildman–Crippen MR) is 71.2 cm³/mol. The van der Waals surface area contributed by atoms with Gasteiger partial charge in [-0.3, -0.25) is 4.79 Å². The van der Waals surface area contributed by atoms with Crippen molar-refractivity contribution >= 4 is 17.5 Å². The molecule has 0 radical (unpaired) electrons. The Balaban J connectivity index is 2.61. The molecule has 1 amide bonds. The van der Waals surface area contributed by atoms with Gasteiger partial charge in [0.05, 0.1) is 23.1 Å². The summed E-state index contributed by atoms with van der Waals surface area (Å²) in [4.78, 5) is 11.4. The number of amides is 1. The maximum Gasteiger partial charge on any atom is 0.252 e. The molecule has 0 saturated heterocycles. The van der Waals surface area contributed by atoms with Crippen LogP contribution >= 0.6 is 11.6 Å². The third-order valence-corrected chi connectivity index (χ3v) is 2.91. The first-order valence-electron chi connectivity index (χ1n) is 5.64. The fourth-order valence-corrected chi connectivity index (χ4v) is 2.10. The van der Waals surface area contributed by atoms with Gasteiger partial charge in [-0.15, -0.1) is 0 Å². The Labute approximate surface area is 110 Å². The van der Waals surface area contributed by atoms with Crippen molar-refractivity contribution in [1.82, 2.24) is 9.78 Å². The molecule has 94 valence electrons. The van der Waals surface area contributed by atoms with Crippen LogP contribution < -0.4 is 5.73 Å². The smallest absolute Gasteiger partial charge is 0.252 e. The summed E-state index contributed by atoms with van der Waals surface area (Å²) in [5, 5.41) is 4.85. The second-order valence-electron chi connectivity index (χ2n) is 4.35. The molecule has 1 aromatic carbocycles. The summed E-state index contributed by atoms with van der Waals surface area (Å²) in [6, 6.07) is 7.31. The summed E-state index contributed by atoms with van der Waals surface area (Å²) in [5.74, 6) is -0.332. The van der Waals surface area contributed by atoms with E-state index in [1.54, 1.807) is 16.8 Å². The first-order valence-corrected chi connectivity index (χ1v) is 6.02. The van der Waals surface area contributed by atoms with Crippen LogP contribution in [0.2, 0.25) is 5.02 Å². The van der Waals surface area contributed by atoms with Crippen molar-refractivity contribution in [2.24, 2.45) is 5.73 Å². The minimum atomic E-state index is -0.466. The molecule has 0 bridgehead atoms. The van der Waals surface area contributed by atoms with E-state index in [-0.39, 0.29) is 5.92 Å². The first-order chi connectivity index (χ1) is 8.50. The van der Waals surface area contributed by atoms with Gasteiger partial charge in [-0.25, -0.2) is 4.68 Å². The highest BCUT2D eigenvalue weighted by molar-refractivity contribution is 6.30. The van der Waals surface area contributed by atoms with Crippen LogP contribution in [0.25, 0.3) is 5.69 Å². The molecule has 0 atom stereocenters. The molecule has 2 rings (SSSR count). The third-order valence-electron chi connectivity index (χ3n) is 2.67. The van der Waals surface area contributed by atoms with E-state index in [2.05, 4.69) is 5.10 Å². The molecule has 0 aliphatic heterocycles. The van der Waals surface area contributed by atoms with Crippen LogP contribution in [-0.4, -0.2) is 15.7 Å².